The van der Waals surface area contributed by atoms with Crippen LogP contribution in [0.3, 0.4) is 0 Å². The van der Waals surface area contributed by atoms with E-state index in [-0.39, 0.29) is 22.6 Å². The number of nitrogen functional groups attached to an aromatic ring is 2. The number of pyridine rings is 1. The number of nitrogens with one attached hydrogen (secondary N) is 1. The van der Waals surface area contributed by atoms with Crippen molar-refractivity contribution in [1.29, 1.82) is 0 Å². The summed E-state index contributed by atoms with van der Waals surface area (Å²) in [7, 11) is 0. The lowest BCUT2D eigenvalue weighted by Crippen LogP contribution is -2.24. The fourth-order valence-electron chi connectivity index (χ4n) is 3.54. The zero-order valence-electron chi connectivity index (χ0n) is 20.4. The van der Waals surface area contributed by atoms with Crippen LogP contribution in [-0.4, -0.2) is 24.7 Å². The predicted octanol–water partition coefficient (Wildman–Crippen LogP) is 4.19. The van der Waals surface area contributed by atoms with E-state index < -0.39 is 40.2 Å². The van der Waals surface area contributed by atoms with Crippen LogP contribution in [0.5, 0.6) is 0 Å². The van der Waals surface area contributed by atoms with E-state index in [9.17, 15) is 31.5 Å². The summed E-state index contributed by atoms with van der Waals surface area (Å²) in [5.74, 6) is -2.15. The number of alkyl halides is 3. The molecule has 0 saturated carbocycles. The van der Waals surface area contributed by atoms with Gasteiger partial charge in [-0.1, -0.05) is 19.8 Å². The third-order valence-electron chi connectivity index (χ3n) is 5.57. The number of aromatic amines is 1. The molecule has 0 aliphatic rings. The molecule has 0 unspecified atom stereocenters. The molecule has 0 bridgehead atoms. The van der Waals surface area contributed by atoms with Crippen LogP contribution in [0.4, 0.5) is 33.5 Å². The van der Waals surface area contributed by atoms with E-state index in [1.54, 1.807) is 24.3 Å². The maximum atomic E-state index is 14.7. The molecule has 14 heteroatoms. The number of aromatic nitrogens is 5. The van der Waals surface area contributed by atoms with Crippen LogP contribution in [0, 0.1) is 18.6 Å². The monoisotopic (exact) mass is 537 g/mol. The smallest absolute Gasteiger partial charge is 0.397 e. The second-order valence-corrected chi connectivity index (χ2v) is 8.33. The molecule has 0 amide bonds. The number of fused-ring (bicyclic) bond motifs is 1. The zero-order valence-corrected chi connectivity index (χ0v) is 20.4. The summed E-state index contributed by atoms with van der Waals surface area (Å²) in [5, 5.41) is 4.78. The molecule has 0 saturated heterocycles. The number of nitrogens with two attached hydrogens (primary N) is 2. The topological polar surface area (TPSA) is 146 Å². The van der Waals surface area contributed by atoms with Crippen molar-refractivity contribution in [2.75, 3.05) is 11.5 Å². The second-order valence-electron chi connectivity index (χ2n) is 8.33. The molecule has 0 fully saturated rings. The SMILES string of the molecule is CCCCCn1ccc2cc(-c3ncc(C)c(N)n3)c(F)c(F)c2c1=O.Nc1cn[nH]c(=O)c1C(F)(F)F. The molecule has 4 aromatic rings. The molecule has 0 aliphatic heterocycles. The lowest BCUT2D eigenvalue weighted by Gasteiger charge is -2.10. The molecule has 3 heterocycles. The van der Waals surface area contributed by atoms with E-state index in [1.807, 2.05) is 0 Å². The Labute approximate surface area is 212 Å². The normalized spacial score (nSPS) is 11.3. The Morgan fingerprint density at radius 2 is 1.79 bits per heavy atom. The molecular formula is C24H24F5N7O2. The summed E-state index contributed by atoms with van der Waals surface area (Å²) in [4.78, 5) is 31.2. The van der Waals surface area contributed by atoms with Gasteiger partial charge in [-0.15, -0.1) is 0 Å². The standard InChI is InChI=1S/C19H20F2N4O.C5H4F3N3O/c1-3-4-5-7-25-8-6-12-9-13(15(20)16(21)14(12)19(25)26)18-23-10-11(2)17(22)24-18;6-5(7,8)3-2(9)1-10-11-4(3)12/h6,8-10H,3-5,7H2,1-2H3,(H2,22,23,24);1H,(H3,9,11,12). The van der Waals surface area contributed by atoms with E-state index in [0.29, 0.717) is 17.5 Å². The van der Waals surface area contributed by atoms with E-state index >= 15 is 0 Å². The lowest BCUT2D eigenvalue weighted by atomic mass is 10.1. The number of hydrogen-bond acceptors (Lipinski definition) is 7. The van der Waals surface area contributed by atoms with Crippen molar-refractivity contribution < 1.29 is 22.0 Å². The fraction of sp³-hybridized carbons (Fsp3) is 0.292. The zero-order chi connectivity index (χ0) is 28.2. The van der Waals surface area contributed by atoms with Gasteiger partial charge >= 0.3 is 6.18 Å². The molecule has 0 radical (unpaired) electrons. The highest BCUT2D eigenvalue weighted by molar-refractivity contribution is 5.86. The third-order valence-corrected chi connectivity index (χ3v) is 5.57. The van der Waals surface area contributed by atoms with Gasteiger partial charge < -0.3 is 16.0 Å². The first-order valence-corrected chi connectivity index (χ1v) is 11.4. The summed E-state index contributed by atoms with van der Waals surface area (Å²) in [6, 6.07) is 2.99. The van der Waals surface area contributed by atoms with Crippen LogP contribution >= 0.6 is 0 Å². The first-order valence-electron chi connectivity index (χ1n) is 11.4. The number of halogens is 5. The number of anilines is 2. The number of benzene rings is 1. The van der Waals surface area contributed by atoms with E-state index in [2.05, 4.69) is 22.0 Å². The number of hydrogen-bond donors (Lipinski definition) is 3. The Kier molecular flexibility index (Phi) is 8.43. The third kappa shape index (κ3) is 5.95. The van der Waals surface area contributed by atoms with Crippen LogP contribution < -0.4 is 22.6 Å². The van der Waals surface area contributed by atoms with Crippen LogP contribution in [-0.2, 0) is 12.7 Å². The molecule has 9 nitrogen and oxygen atoms in total. The van der Waals surface area contributed by atoms with Gasteiger partial charge in [-0.3, -0.25) is 9.59 Å². The van der Waals surface area contributed by atoms with Gasteiger partial charge in [0.05, 0.1) is 22.8 Å². The van der Waals surface area contributed by atoms with Gasteiger partial charge in [-0.25, -0.2) is 23.8 Å². The largest absolute Gasteiger partial charge is 0.423 e. The van der Waals surface area contributed by atoms with Gasteiger partial charge in [-0.05, 0) is 30.9 Å². The number of H-pyrrole nitrogens is 1. The molecule has 0 spiro atoms. The summed E-state index contributed by atoms with van der Waals surface area (Å²) < 4.78 is 66.7. The molecule has 202 valence electrons. The van der Waals surface area contributed by atoms with Gasteiger partial charge in [0.1, 0.15) is 11.4 Å². The molecule has 3 aromatic heterocycles. The highest BCUT2D eigenvalue weighted by Crippen LogP contribution is 2.30. The number of unbranched alkanes of at least 4 members (excludes halogenated alkanes) is 2. The van der Waals surface area contributed by atoms with E-state index in [4.69, 9.17) is 11.5 Å². The van der Waals surface area contributed by atoms with Crippen molar-refractivity contribution in [2.45, 2.75) is 45.8 Å². The van der Waals surface area contributed by atoms with Gasteiger partial charge in [0.25, 0.3) is 11.1 Å². The lowest BCUT2D eigenvalue weighted by molar-refractivity contribution is -0.138. The van der Waals surface area contributed by atoms with Gasteiger partial charge in [-0.2, -0.15) is 18.3 Å². The summed E-state index contributed by atoms with van der Waals surface area (Å²) >= 11 is 0. The van der Waals surface area contributed by atoms with Crippen LogP contribution in [0.25, 0.3) is 22.2 Å². The van der Waals surface area contributed by atoms with Gasteiger partial charge in [0, 0.05) is 24.5 Å². The Morgan fingerprint density at radius 1 is 1.08 bits per heavy atom. The summed E-state index contributed by atoms with van der Waals surface area (Å²) in [5.41, 5.74) is 7.22. The van der Waals surface area contributed by atoms with Crippen molar-refractivity contribution in [3.8, 4) is 11.4 Å². The molecular weight excluding hydrogens is 513 g/mol. The first-order chi connectivity index (χ1) is 17.9. The van der Waals surface area contributed by atoms with Crippen molar-refractivity contribution >= 4 is 22.3 Å². The molecule has 0 aliphatic carbocycles. The Bertz CT molecular complexity index is 1580. The number of aryl methyl sites for hydroxylation is 2. The van der Waals surface area contributed by atoms with Gasteiger partial charge in [0.2, 0.25) is 0 Å². The predicted molar refractivity (Wildman–Crippen MR) is 132 cm³/mol. The maximum absolute atomic E-state index is 14.7. The molecule has 0 atom stereocenters. The minimum absolute atomic E-state index is 0.0153. The number of nitrogens with zero attached hydrogens (tertiary/aromatic N) is 4. The Morgan fingerprint density at radius 3 is 2.37 bits per heavy atom. The van der Waals surface area contributed by atoms with Crippen molar-refractivity contribution in [3.05, 3.63) is 74.2 Å². The summed E-state index contributed by atoms with van der Waals surface area (Å²) in [6.07, 6.45) is 1.84. The maximum Gasteiger partial charge on any atom is 0.423 e. The van der Waals surface area contributed by atoms with Crippen molar-refractivity contribution in [3.63, 3.8) is 0 Å². The average Bonchev–Trinajstić information content (AvgIpc) is 2.84. The highest BCUT2D eigenvalue weighted by Gasteiger charge is 2.36. The van der Waals surface area contributed by atoms with Crippen molar-refractivity contribution in [2.24, 2.45) is 0 Å². The second kappa shape index (κ2) is 11.4. The highest BCUT2D eigenvalue weighted by atomic mass is 19.4. The minimum atomic E-state index is -4.74. The molecule has 4 rings (SSSR count). The number of rotatable bonds is 5. The Hall–Kier alpha value is -4.36. The first kappa shape index (κ1) is 28.2. The van der Waals surface area contributed by atoms with Gasteiger partial charge in [0.15, 0.2) is 17.5 Å². The minimum Gasteiger partial charge on any atom is -0.397 e. The van der Waals surface area contributed by atoms with Crippen LogP contribution in [0.15, 0.2) is 40.3 Å². The van der Waals surface area contributed by atoms with E-state index in [0.717, 1.165) is 25.5 Å². The molecule has 5 N–H and O–H groups in total. The Balaban J connectivity index is 0.000000279. The molecule has 38 heavy (non-hydrogen) atoms. The van der Waals surface area contributed by atoms with Crippen molar-refractivity contribution in [1.82, 2.24) is 24.7 Å². The molecule has 1 aromatic carbocycles. The summed E-state index contributed by atoms with van der Waals surface area (Å²) in [6.45, 7) is 4.25. The fourth-order valence-corrected chi connectivity index (χ4v) is 3.54. The quantitative estimate of drug-likeness (QED) is 0.256. The van der Waals surface area contributed by atoms with E-state index in [1.165, 1.54) is 16.8 Å². The average molecular weight is 537 g/mol. The van der Waals surface area contributed by atoms with Crippen LogP contribution in [0.1, 0.15) is 37.3 Å². The van der Waals surface area contributed by atoms with Crippen LogP contribution in [0.2, 0.25) is 0 Å².